The van der Waals surface area contributed by atoms with Crippen molar-refractivity contribution in [3.05, 3.63) is 24.1 Å². The molecule has 144 valence electrons. The molecule has 2 N–H and O–H groups in total. The summed E-state index contributed by atoms with van der Waals surface area (Å²) in [6.45, 7) is 6.81. The van der Waals surface area contributed by atoms with Crippen LogP contribution in [-0.2, 0) is 4.74 Å². The van der Waals surface area contributed by atoms with E-state index in [2.05, 4.69) is 27.5 Å². The second-order valence-electron chi connectivity index (χ2n) is 7.02. The lowest BCUT2D eigenvalue weighted by Gasteiger charge is -2.19. The topological polar surface area (TPSA) is 61.8 Å². The van der Waals surface area contributed by atoms with Gasteiger partial charge in [-0.25, -0.2) is 9.37 Å². The van der Waals surface area contributed by atoms with E-state index in [1.165, 1.54) is 18.9 Å². The highest BCUT2D eigenvalue weighted by atomic mass is 19.1. The van der Waals surface area contributed by atoms with E-state index in [0.717, 1.165) is 64.1 Å². The smallest absolute Gasteiger partial charge is 0.191 e. The number of hydrogen-bond donors (Lipinski definition) is 2. The molecular weight excluding hydrogens is 333 g/mol. The molecular formula is C19H30FN5O. The SMILES string of the molecule is CCNC(=NCCCOCC1CC1)NC1CCN(c2ncccc2F)C1. The van der Waals surface area contributed by atoms with Crippen molar-refractivity contribution in [1.82, 2.24) is 15.6 Å². The van der Waals surface area contributed by atoms with E-state index in [-0.39, 0.29) is 11.9 Å². The largest absolute Gasteiger partial charge is 0.381 e. The van der Waals surface area contributed by atoms with Crippen LogP contribution in [0.15, 0.2) is 23.3 Å². The molecule has 1 aliphatic heterocycles. The summed E-state index contributed by atoms with van der Waals surface area (Å²) < 4.78 is 19.5. The third-order valence-corrected chi connectivity index (χ3v) is 4.68. The minimum atomic E-state index is -0.264. The average Bonchev–Trinajstić information content (AvgIpc) is 3.35. The predicted octanol–water partition coefficient (Wildman–Crippen LogP) is 2.17. The summed E-state index contributed by atoms with van der Waals surface area (Å²) in [6, 6.07) is 3.31. The summed E-state index contributed by atoms with van der Waals surface area (Å²) in [7, 11) is 0. The van der Waals surface area contributed by atoms with Gasteiger partial charge in [-0.05, 0) is 50.7 Å². The van der Waals surface area contributed by atoms with Gasteiger partial charge in [-0.2, -0.15) is 0 Å². The van der Waals surface area contributed by atoms with Crippen molar-refractivity contribution in [3.8, 4) is 0 Å². The van der Waals surface area contributed by atoms with Gasteiger partial charge in [0.15, 0.2) is 17.6 Å². The Balaban J connectivity index is 1.42. The van der Waals surface area contributed by atoms with Crippen LogP contribution >= 0.6 is 0 Å². The number of guanidine groups is 1. The van der Waals surface area contributed by atoms with Crippen molar-refractivity contribution in [1.29, 1.82) is 0 Å². The van der Waals surface area contributed by atoms with Crippen molar-refractivity contribution >= 4 is 11.8 Å². The molecule has 2 fully saturated rings. The summed E-state index contributed by atoms with van der Waals surface area (Å²) in [5, 5.41) is 6.75. The van der Waals surface area contributed by atoms with E-state index in [0.29, 0.717) is 5.82 Å². The van der Waals surface area contributed by atoms with Gasteiger partial charge in [0, 0.05) is 51.6 Å². The number of aromatic nitrogens is 1. The third-order valence-electron chi connectivity index (χ3n) is 4.68. The number of nitrogens with zero attached hydrogens (tertiary/aromatic N) is 3. The summed E-state index contributed by atoms with van der Waals surface area (Å²) >= 11 is 0. The van der Waals surface area contributed by atoms with Crippen LogP contribution in [0.25, 0.3) is 0 Å². The maximum atomic E-state index is 13.9. The molecule has 2 heterocycles. The number of pyridine rings is 1. The van der Waals surface area contributed by atoms with Crippen LogP contribution in [0.5, 0.6) is 0 Å². The van der Waals surface area contributed by atoms with Crippen LogP contribution in [0.3, 0.4) is 0 Å². The maximum absolute atomic E-state index is 13.9. The highest BCUT2D eigenvalue weighted by Crippen LogP contribution is 2.28. The number of anilines is 1. The van der Waals surface area contributed by atoms with Crippen LogP contribution in [0.4, 0.5) is 10.2 Å². The fourth-order valence-corrected chi connectivity index (χ4v) is 3.09. The Morgan fingerprint density at radius 2 is 2.31 bits per heavy atom. The van der Waals surface area contributed by atoms with E-state index >= 15 is 0 Å². The Morgan fingerprint density at radius 1 is 1.42 bits per heavy atom. The average molecular weight is 363 g/mol. The monoisotopic (exact) mass is 363 g/mol. The molecule has 1 aromatic heterocycles. The fraction of sp³-hybridized carbons (Fsp3) is 0.684. The van der Waals surface area contributed by atoms with E-state index in [9.17, 15) is 4.39 Å². The van der Waals surface area contributed by atoms with Crippen LogP contribution in [0.2, 0.25) is 0 Å². The number of halogens is 1. The first-order chi connectivity index (χ1) is 12.8. The molecule has 1 aliphatic carbocycles. The molecule has 1 atom stereocenters. The molecule has 0 bridgehead atoms. The Kier molecular flexibility index (Phi) is 7.05. The maximum Gasteiger partial charge on any atom is 0.191 e. The molecule has 1 saturated carbocycles. The molecule has 3 rings (SSSR count). The molecule has 6 nitrogen and oxygen atoms in total. The molecule has 0 aromatic carbocycles. The second-order valence-corrected chi connectivity index (χ2v) is 7.02. The van der Waals surface area contributed by atoms with Gasteiger partial charge in [-0.15, -0.1) is 0 Å². The van der Waals surface area contributed by atoms with Crippen molar-refractivity contribution < 1.29 is 9.13 Å². The summed E-state index contributed by atoms with van der Waals surface area (Å²) in [4.78, 5) is 10.8. The van der Waals surface area contributed by atoms with Gasteiger partial charge in [-0.1, -0.05) is 0 Å². The zero-order valence-corrected chi connectivity index (χ0v) is 15.6. The van der Waals surface area contributed by atoms with Crippen LogP contribution in [0, 0.1) is 11.7 Å². The predicted molar refractivity (Wildman–Crippen MR) is 102 cm³/mol. The van der Waals surface area contributed by atoms with E-state index in [4.69, 9.17) is 4.74 Å². The van der Waals surface area contributed by atoms with Gasteiger partial charge in [0.2, 0.25) is 0 Å². The summed E-state index contributed by atoms with van der Waals surface area (Å²) in [5.41, 5.74) is 0. The number of rotatable bonds is 9. The van der Waals surface area contributed by atoms with E-state index < -0.39 is 0 Å². The molecule has 1 unspecified atom stereocenters. The number of aliphatic imine (C=N–C) groups is 1. The zero-order chi connectivity index (χ0) is 18.2. The van der Waals surface area contributed by atoms with Crippen molar-refractivity contribution in [2.24, 2.45) is 10.9 Å². The van der Waals surface area contributed by atoms with Crippen LogP contribution < -0.4 is 15.5 Å². The zero-order valence-electron chi connectivity index (χ0n) is 15.6. The summed E-state index contributed by atoms with van der Waals surface area (Å²) in [6.07, 6.45) is 6.15. The lowest BCUT2D eigenvalue weighted by Crippen LogP contribution is -2.44. The first-order valence-electron chi connectivity index (χ1n) is 9.74. The third kappa shape index (κ3) is 5.83. The minimum Gasteiger partial charge on any atom is -0.381 e. The number of nitrogens with one attached hydrogen (secondary N) is 2. The lowest BCUT2D eigenvalue weighted by atomic mass is 10.3. The second kappa shape index (κ2) is 9.71. The fourth-order valence-electron chi connectivity index (χ4n) is 3.09. The van der Waals surface area contributed by atoms with Gasteiger partial charge < -0.3 is 20.3 Å². The Morgan fingerprint density at radius 3 is 3.08 bits per heavy atom. The van der Waals surface area contributed by atoms with Gasteiger partial charge in [0.05, 0.1) is 0 Å². The Bertz CT molecular complexity index is 593. The van der Waals surface area contributed by atoms with Crippen LogP contribution in [-0.4, -0.2) is 56.4 Å². The molecule has 26 heavy (non-hydrogen) atoms. The minimum absolute atomic E-state index is 0.236. The normalized spacial score (nSPS) is 20.5. The van der Waals surface area contributed by atoms with Crippen LogP contribution in [0.1, 0.15) is 32.6 Å². The van der Waals surface area contributed by atoms with E-state index in [1.807, 2.05) is 4.90 Å². The highest BCUT2D eigenvalue weighted by molar-refractivity contribution is 5.80. The standard InChI is InChI=1S/C19H30FN5O/c1-2-21-19(23-10-4-12-26-14-15-6-7-15)24-16-8-11-25(13-16)18-17(20)5-3-9-22-18/h3,5,9,15-16H,2,4,6-8,10-14H2,1H3,(H2,21,23,24). The Hall–Kier alpha value is -1.89. The molecule has 1 aromatic rings. The molecule has 2 aliphatic rings. The molecule has 0 spiro atoms. The molecule has 7 heteroatoms. The molecule has 1 saturated heterocycles. The number of hydrogen-bond acceptors (Lipinski definition) is 4. The molecule has 0 radical (unpaired) electrons. The highest BCUT2D eigenvalue weighted by Gasteiger charge is 2.26. The summed E-state index contributed by atoms with van der Waals surface area (Å²) in [5.74, 6) is 1.81. The first-order valence-corrected chi connectivity index (χ1v) is 9.74. The van der Waals surface area contributed by atoms with Crippen molar-refractivity contribution in [3.63, 3.8) is 0 Å². The van der Waals surface area contributed by atoms with E-state index in [1.54, 1.807) is 12.3 Å². The van der Waals surface area contributed by atoms with Gasteiger partial charge >= 0.3 is 0 Å². The van der Waals surface area contributed by atoms with Gasteiger partial charge in [-0.3, -0.25) is 4.99 Å². The first kappa shape index (κ1) is 18.9. The van der Waals surface area contributed by atoms with Crippen molar-refractivity contribution in [2.75, 3.05) is 44.3 Å². The quantitative estimate of drug-likeness (QED) is 0.400. The lowest BCUT2D eigenvalue weighted by molar-refractivity contribution is 0.123. The van der Waals surface area contributed by atoms with Gasteiger partial charge in [0.1, 0.15) is 0 Å². The Labute approximate surface area is 155 Å². The van der Waals surface area contributed by atoms with Crippen molar-refractivity contribution in [2.45, 2.75) is 38.6 Å². The number of ether oxygens (including phenoxy) is 1. The molecule has 0 amide bonds. The van der Waals surface area contributed by atoms with Gasteiger partial charge in [0.25, 0.3) is 0 Å².